The topological polar surface area (TPSA) is 142 Å². The quantitative estimate of drug-likeness (QED) is 0.161. The second-order valence-electron chi connectivity index (χ2n) is 13.1. The van der Waals surface area contributed by atoms with Crippen LogP contribution < -0.4 is 9.47 Å². The number of allylic oxidation sites excluding steroid dienone is 4. The van der Waals surface area contributed by atoms with Crippen LogP contribution in [0.4, 0.5) is 11.4 Å². The highest BCUT2D eigenvalue weighted by Gasteiger charge is 2.48. The molecule has 2 aromatic carbocycles. The van der Waals surface area contributed by atoms with Crippen molar-refractivity contribution in [2.75, 3.05) is 13.7 Å². The Morgan fingerprint density at radius 3 is 1.95 bits per heavy atom. The van der Waals surface area contributed by atoms with Gasteiger partial charge in [0.25, 0.3) is 5.69 Å². The molecule has 2 aromatic rings. The molecule has 5 rings (SSSR count). The van der Waals surface area contributed by atoms with Gasteiger partial charge in [-0.3, -0.25) is 29.8 Å². The number of carbonyl (C=O) groups is 2. The van der Waals surface area contributed by atoms with Crippen molar-refractivity contribution in [1.29, 1.82) is 0 Å². The van der Waals surface area contributed by atoms with Crippen molar-refractivity contribution < 1.29 is 28.9 Å². The molecule has 0 fully saturated rings. The van der Waals surface area contributed by atoms with Crippen LogP contribution in [0.3, 0.4) is 0 Å². The number of benzene rings is 2. The highest BCUT2D eigenvalue weighted by molar-refractivity contribution is 14.1. The van der Waals surface area contributed by atoms with E-state index in [1.54, 1.807) is 13.0 Å². The maximum Gasteiger partial charge on any atom is 0.318 e. The van der Waals surface area contributed by atoms with Crippen molar-refractivity contribution in [2.24, 2.45) is 10.8 Å². The summed E-state index contributed by atoms with van der Waals surface area (Å²) in [5.41, 5.74) is 2.32. The highest BCUT2D eigenvalue weighted by atomic mass is 127. The number of hydrogen-bond acceptors (Lipinski definition) is 9. The molecule has 12 heteroatoms. The number of nitrogens with zero attached hydrogens (tertiary/aromatic N) is 3. The first-order valence-electron chi connectivity index (χ1n) is 14.4. The summed E-state index contributed by atoms with van der Waals surface area (Å²) in [5, 5.41) is 23.0. The van der Waals surface area contributed by atoms with Crippen LogP contribution in [0.2, 0.25) is 0 Å². The van der Waals surface area contributed by atoms with Gasteiger partial charge >= 0.3 is 5.69 Å². The zero-order valence-corrected chi connectivity index (χ0v) is 27.6. The summed E-state index contributed by atoms with van der Waals surface area (Å²) in [6.07, 6.45) is 2.09. The predicted molar refractivity (Wildman–Crippen MR) is 171 cm³/mol. The first-order chi connectivity index (χ1) is 20.5. The van der Waals surface area contributed by atoms with Crippen molar-refractivity contribution >= 4 is 45.5 Å². The Morgan fingerprint density at radius 2 is 1.45 bits per heavy atom. The predicted octanol–water partition coefficient (Wildman–Crippen LogP) is 7.61. The number of nitro groups is 2. The van der Waals surface area contributed by atoms with Crippen LogP contribution >= 0.6 is 22.6 Å². The second-order valence-corrected chi connectivity index (χ2v) is 14.3. The molecule has 2 aliphatic carbocycles. The van der Waals surface area contributed by atoms with Gasteiger partial charge in [-0.1, -0.05) is 27.7 Å². The van der Waals surface area contributed by atoms with Gasteiger partial charge in [0, 0.05) is 54.4 Å². The van der Waals surface area contributed by atoms with E-state index in [2.05, 4.69) is 32.6 Å². The zero-order valence-electron chi connectivity index (χ0n) is 25.5. The molecule has 11 nitrogen and oxygen atoms in total. The lowest BCUT2D eigenvalue weighted by Crippen LogP contribution is -2.43. The number of non-ortho nitro benzene ring substituents is 1. The summed E-state index contributed by atoms with van der Waals surface area (Å²) >= 11 is 2.05. The molecule has 44 heavy (non-hydrogen) atoms. The van der Waals surface area contributed by atoms with Crippen molar-refractivity contribution in [3.05, 3.63) is 82.2 Å². The molecule has 0 radical (unpaired) electrons. The summed E-state index contributed by atoms with van der Waals surface area (Å²) in [6.45, 7) is 10.4. The van der Waals surface area contributed by atoms with Crippen LogP contribution in [0.1, 0.15) is 71.8 Å². The first kappa shape index (κ1) is 31.6. The van der Waals surface area contributed by atoms with Gasteiger partial charge in [-0.15, -0.1) is 0 Å². The lowest BCUT2D eigenvalue weighted by molar-refractivity contribution is -0.394. The molecule has 0 spiro atoms. The zero-order chi connectivity index (χ0) is 32.3. The fourth-order valence-electron chi connectivity index (χ4n) is 6.57. The second kappa shape index (κ2) is 11.3. The number of carbonyl (C=O) groups excluding carboxylic acids is 2. The lowest BCUT2D eigenvalue weighted by atomic mass is 9.64. The van der Waals surface area contributed by atoms with E-state index in [1.165, 1.54) is 6.07 Å². The van der Waals surface area contributed by atoms with Gasteiger partial charge in [-0.2, -0.15) is 0 Å². The molecule has 1 heterocycles. The number of Topliss-reactive ketones (excluding diaryl/α,β-unsaturated/α-hetero) is 2. The van der Waals surface area contributed by atoms with Crippen LogP contribution in [0.25, 0.3) is 0 Å². The van der Waals surface area contributed by atoms with E-state index in [9.17, 15) is 29.8 Å². The summed E-state index contributed by atoms with van der Waals surface area (Å²) < 4.78 is 12.5. The Hall–Kier alpha value is -3.81. The minimum atomic E-state index is -0.739. The minimum Gasteiger partial charge on any atom is -0.490 e. The molecular formula is C32H34IN3O8. The van der Waals surface area contributed by atoms with E-state index < -0.39 is 27.1 Å². The van der Waals surface area contributed by atoms with Gasteiger partial charge in [0.2, 0.25) is 5.75 Å². The van der Waals surface area contributed by atoms with E-state index in [1.807, 2.05) is 35.7 Å². The average molecular weight is 716 g/mol. The van der Waals surface area contributed by atoms with Gasteiger partial charge in [-0.25, -0.2) is 0 Å². The molecular weight excluding hydrogens is 681 g/mol. The van der Waals surface area contributed by atoms with Crippen molar-refractivity contribution in [3.63, 3.8) is 0 Å². The Morgan fingerprint density at radius 1 is 0.886 bits per heavy atom. The number of ether oxygens (including phenoxy) is 2. The monoisotopic (exact) mass is 715 g/mol. The molecule has 1 aliphatic heterocycles. The van der Waals surface area contributed by atoms with Crippen molar-refractivity contribution in [2.45, 2.75) is 66.2 Å². The van der Waals surface area contributed by atoms with Gasteiger partial charge in [0.05, 0.1) is 26.1 Å². The third kappa shape index (κ3) is 5.71. The van der Waals surface area contributed by atoms with E-state index in [0.29, 0.717) is 46.0 Å². The van der Waals surface area contributed by atoms with Crippen molar-refractivity contribution in [1.82, 2.24) is 4.90 Å². The Labute approximate surface area is 268 Å². The maximum atomic E-state index is 13.9. The lowest BCUT2D eigenvalue weighted by Gasteiger charge is -2.48. The molecule has 0 aromatic heterocycles. The highest BCUT2D eigenvalue weighted by Crippen LogP contribution is 2.55. The average Bonchev–Trinajstić information content (AvgIpc) is 2.90. The van der Waals surface area contributed by atoms with Gasteiger partial charge < -0.3 is 14.4 Å². The van der Waals surface area contributed by atoms with Crippen LogP contribution in [-0.4, -0.2) is 40.0 Å². The first-order valence-corrected chi connectivity index (χ1v) is 15.4. The largest absolute Gasteiger partial charge is 0.490 e. The maximum absolute atomic E-state index is 13.9. The number of nitro benzene ring substituents is 2. The molecule has 0 saturated carbocycles. The van der Waals surface area contributed by atoms with Crippen LogP contribution in [-0.2, 0) is 9.59 Å². The standard InChI is InChI=1S/C32H34IN3O8/c1-7-43-26-11-17(10-19(33)30(26)44-25-9-8-18(35(39)40)12-20(25)36(41)42)27-28-21(13-31(2,3)15-23(28)37)34(6)22-14-32(4,5)16-24(38)29(22)27/h8-12,27H,7,13-16H2,1-6H3. The molecule has 232 valence electrons. The van der Waals surface area contributed by atoms with Gasteiger partial charge in [-0.05, 0) is 76.9 Å². The SMILES string of the molecule is CCOc1cc(C2C3=C(CC(C)(C)CC3=O)N(C)C3=C2C(=O)CC(C)(C)C3)cc(I)c1Oc1ccc([N+](=O)[O-])cc1[N+](=O)[O-]. The Kier molecular flexibility index (Phi) is 8.10. The smallest absolute Gasteiger partial charge is 0.318 e. The van der Waals surface area contributed by atoms with E-state index >= 15 is 0 Å². The van der Waals surface area contributed by atoms with E-state index in [-0.39, 0.29) is 46.3 Å². The van der Waals surface area contributed by atoms with Gasteiger partial charge in [0.15, 0.2) is 23.1 Å². The number of halogens is 1. The summed E-state index contributed by atoms with van der Waals surface area (Å²) in [6, 6.07) is 6.73. The number of hydrogen-bond donors (Lipinski definition) is 0. The van der Waals surface area contributed by atoms with E-state index in [4.69, 9.17) is 9.47 Å². The molecule has 3 aliphatic rings. The molecule has 0 bridgehead atoms. The Balaban J connectivity index is 1.69. The summed E-state index contributed by atoms with van der Waals surface area (Å²) in [5.74, 6) is -0.303. The third-order valence-electron chi connectivity index (χ3n) is 8.41. The van der Waals surface area contributed by atoms with Gasteiger partial charge in [0.1, 0.15) is 0 Å². The fourth-order valence-corrected chi connectivity index (χ4v) is 7.31. The molecule has 0 saturated heterocycles. The molecule has 0 N–H and O–H groups in total. The number of ketones is 2. The van der Waals surface area contributed by atoms with E-state index in [0.717, 1.165) is 23.5 Å². The van der Waals surface area contributed by atoms with Crippen molar-refractivity contribution in [3.8, 4) is 17.2 Å². The van der Waals surface area contributed by atoms with Crippen LogP contribution in [0.15, 0.2) is 52.9 Å². The molecule has 0 atom stereocenters. The molecule has 0 unspecified atom stereocenters. The summed E-state index contributed by atoms with van der Waals surface area (Å²) in [7, 11) is 1.95. The van der Waals surface area contributed by atoms with Crippen LogP contribution in [0.5, 0.6) is 17.2 Å². The number of rotatable bonds is 7. The third-order valence-corrected chi connectivity index (χ3v) is 9.21. The fraction of sp³-hybridized carbons (Fsp3) is 0.438. The molecule has 0 amide bonds. The normalized spacial score (nSPS) is 19.5. The van der Waals surface area contributed by atoms with Crippen LogP contribution in [0, 0.1) is 34.6 Å². The minimum absolute atomic E-state index is 0.00656. The Bertz CT molecular complexity index is 1640. The summed E-state index contributed by atoms with van der Waals surface area (Å²) in [4.78, 5) is 51.4.